The van der Waals surface area contributed by atoms with Crippen molar-refractivity contribution < 1.29 is 4.79 Å². The Balaban J connectivity index is 1.44. The molecule has 0 spiro atoms. The highest BCUT2D eigenvalue weighted by atomic mass is 32.2. The van der Waals surface area contributed by atoms with Crippen LogP contribution in [-0.2, 0) is 17.8 Å². The maximum Gasteiger partial charge on any atom is 0.230 e. The molecule has 1 aliphatic heterocycles. The molecule has 1 aromatic heterocycles. The molecular weight excluding hydrogens is 346 g/mol. The Labute approximate surface area is 159 Å². The molecule has 7 heteroatoms. The Morgan fingerprint density at radius 3 is 2.81 bits per heavy atom. The number of fused-ring (bicyclic) bond motifs is 1. The maximum absolute atomic E-state index is 12.2. The minimum Gasteiger partial charge on any atom is -0.354 e. The van der Waals surface area contributed by atoms with E-state index in [9.17, 15) is 4.79 Å². The van der Waals surface area contributed by atoms with Gasteiger partial charge in [0.05, 0.1) is 5.75 Å². The highest BCUT2D eigenvalue weighted by Gasteiger charge is 2.20. The van der Waals surface area contributed by atoms with E-state index in [-0.39, 0.29) is 11.9 Å². The Morgan fingerprint density at radius 1 is 1.27 bits per heavy atom. The molecule has 0 aliphatic carbocycles. The zero-order valence-corrected chi connectivity index (χ0v) is 16.5. The third-order valence-corrected chi connectivity index (χ3v) is 5.76. The number of hydrogen-bond acceptors (Lipinski definition) is 5. The first-order valence-electron chi connectivity index (χ1n) is 9.14. The number of amides is 1. The second-order valence-corrected chi connectivity index (χ2v) is 7.99. The summed E-state index contributed by atoms with van der Waals surface area (Å²) in [6, 6.07) is 9.23. The number of carbonyl (C=O) groups is 1. The fraction of sp³-hybridized carbons (Fsp3) is 0.526. The van der Waals surface area contributed by atoms with Gasteiger partial charge in [0.1, 0.15) is 6.33 Å². The molecule has 2 aromatic rings. The Morgan fingerprint density at radius 2 is 2.04 bits per heavy atom. The van der Waals surface area contributed by atoms with Crippen molar-refractivity contribution in [3.05, 3.63) is 41.7 Å². The molecule has 1 N–H and O–H groups in total. The van der Waals surface area contributed by atoms with Crippen LogP contribution in [0, 0.1) is 0 Å². The number of aromatic nitrogens is 3. The molecule has 0 bridgehead atoms. The van der Waals surface area contributed by atoms with Crippen LogP contribution in [0.1, 0.15) is 37.9 Å². The van der Waals surface area contributed by atoms with Gasteiger partial charge in [-0.15, -0.1) is 10.2 Å². The van der Waals surface area contributed by atoms with Crippen LogP contribution in [0.5, 0.6) is 0 Å². The zero-order valence-electron chi connectivity index (χ0n) is 15.7. The van der Waals surface area contributed by atoms with Crippen LogP contribution < -0.4 is 5.32 Å². The lowest BCUT2D eigenvalue weighted by atomic mass is 9.99. The molecule has 0 saturated carbocycles. The smallest absolute Gasteiger partial charge is 0.230 e. The molecule has 0 saturated heterocycles. The quantitative estimate of drug-likeness (QED) is 0.756. The summed E-state index contributed by atoms with van der Waals surface area (Å²) in [5.74, 6) is 0.401. The van der Waals surface area contributed by atoms with Crippen molar-refractivity contribution in [2.75, 3.05) is 18.8 Å². The number of benzene rings is 1. The van der Waals surface area contributed by atoms with Gasteiger partial charge in [0, 0.05) is 31.7 Å². The van der Waals surface area contributed by atoms with Crippen LogP contribution in [0.3, 0.4) is 0 Å². The van der Waals surface area contributed by atoms with Crippen molar-refractivity contribution in [1.29, 1.82) is 0 Å². The molecule has 6 nitrogen and oxygen atoms in total. The van der Waals surface area contributed by atoms with E-state index in [0.717, 1.165) is 24.7 Å². The van der Waals surface area contributed by atoms with Crippen molar-refractivity contribution in [3.63, 3.8) is 0 Å². The van der Waals surface area contributed by atoms with Gasteiger partial charge < -0.3 is 9.88 Å². The Hall–Kier alpha value is -1.86. The van der Waals surface area contributed by atoms with Gasteiger partial charge in [-0.25, -0.2) is 0 Å². The average molecular weight is 374 g/mol. The second kappa shape index (κ2) is 8.68. The molecule has 0 radical (unpaired) electrons. The summed E-state index contributed by atoms with van der Waals surface area (Å²) >= 11 is 1.43. The van der Waals surface area contributed by atoms with E-state index in [1.807, 2.05) is 4.57 Å². The highest BCUT2D eigenvalue weighted by molar-refractivity contribution is 7.99. The van der Waals surface area contributed by atoms with Gasteiger partial charge in [0.15, 0.2) is 5.16 Å². The lowest BCUT2D eigenvalue weighted by molar-refractivity contribution is -0.118. The van der Waals surface area contributed by atoms with Gasteiger partial charge in [-0.1, -0.05) is 36.0 Å². The molecule has 1 amide bonds. The predicted octanol–water partition coefficient (Wildman–Crippen LogP) is 2.51. The molecule has 1 aliphatic rings. The van der Waals surface area contributed by atoms with Crippen molar-refractivity contribution in [2.24, 2.45) is 0 Å². The topological polar surface area (TPSA) is 63.1 Å². The fourth-order valence-corrected chi connectivity index (χ4v) is 4.03. The van der Waals surface area contributed by atoms with E-state index in [1.54, 1.807) is 6.33 Å². The number of rotatable bonds is 7. The summed E-state index contributed by atoms with van der Waals surface area (Å²) in [6.07, 6.45) is 2.79. The summed E-state index contributed by atoms with van der Waals surface area (Å²) < 4.78 is 1.98. The lowest BCUT2D eigenvalue weighted by Crippen LogP contribution is -2.44. The van der Waals surface area contributed by atoms with Crippen molar-refractivity contribution in [3.8, 4) is 0 Å². The van der Waals surface area contributed by atoms with Gasteiger partial charge in [-0.2, -0.15) is 0 Å². The number of thioether (sulfide) groups is 1. The predicted molar refractivity (Wildman–Crippen MR) is 104 cm³/mol. The first kappa shape index (κ1) is 18.9. The van der Waals surface area contributed by atoms with E-state index in [0.29, 0.717) is 18.3 Å². The van der Waals surface area contributed by atoms with Crippen LogP contribution >= 0.6 is 11.8 Å². The zero-order chi connectivity index (χ0) is 18.5. The molecule has 1 atom stereocenters. The molecular formula is C19H27N5OS. The minimum atomic E-state index is 0.0394. The summed E-state index contributed by atoms with van der Waals surface area (Å²) in [5.41, 5.74) is 2.85. The molecule has 0 fully saturated rings. The fourth-order valence-electron chi connectivity index (χ4n) is 3.16. The first-order chi connectivity index (χ1) is 12.5. The van der Waals surface area contributed by atoms with E-state index < -0.39 is 0 Å². The molecule has 1 unspecified atom stereocenters. The highest BCUT2D eigenvalue weighted by Crippen LogP contribution is 2.20. The summed E-state index contributed by atoms with van der Waals surface area (Å²) in [5, 5.41) is 11.9. The van der Waals surface area contributed by atoms with E-state index in [2.05, 4.69) is 65.5 Å². The molecule has 140 valence electrons. The van der Waals surface area contributed by atoms with Crippen LogP contribution in [0.4, 0.5) is 0 Å². The second-order valence-electron chi connectivity index (χ2n) is 7.05. The first-order valence-corrected chi connectivity index (χ1v) is 10.1. The standard InChI is InChI=1S/C19H27N5OS/c1-14(2)24-13-21-22-19(24)26-12-18(25)20-10-15(3)23-9-8-16-6-4-5-7-17(16)11-23/h4-7,13-15H,8-12H2,1-3H3,(H,20,25). The molecule has 1 aromatic carbocycles. The summed E-state index contributed by atoms with van der Waals surface area (Å²) in [7, 11) is 0. The number of nitrogens with one attached hydrogen (secondary N) is 1. The van der Waals surface area contributed by atoms with Gasteiger partial charge >= 0.3 is 0 Å². The lowest BCUT2D eigenvalue weighted by Gasteiger charge is -2.33. The Bertz CT molecular complexity index is 745. The SMILES string of the molecule is CC(CNC(=O)CSc1nncn1C(C)C)N1CCc2ccccc2C1. The number of hydrogen-bond donors (Lipinski definition) is 1. The molecule has 3 rings (SSSR count). The monoisotopic (exact) mass is 373 g/mol. The third kappa shape index (κ3) is 4.65. The van der Waals surface area contributed by atoms with Gasteiger partial charge in [-0.05, 0) is 38.3 Å². The molecule has 26 heavy (non-hydrogen) atoms. The van der Waals surface area contributed by atoms with Crippen molar-refractivity contribution in [2.45, 2.75) is 51.0 Å². The van der Waals surface area contributed by atoms with Gasteiger partial charge in [0.25, 0.3) is 0 Å². The largest absolute Gasteiger partial charge is 0.354 e. The van der Waals surface area contributed by atoms with Crippen LogP contribution in [0.25, 0.3) is 0 Å². The van der Waals surface area contributed by atoms with E-state index >= 15 is 0 Å². The van der Waals surface area contributed by atoms with Crippen molar-refractivity contribution in [1.82, 2.24) is 25.0 Å². The van der Waals surface area contributed by atoms with E-state index in [4.69, 9.17) is 0 Å². The van der Waals surface area contributed by atoms with Crippen molar-refractivity contribution >= 4 is 17.7 Å². The van der Waals surface area contributed by atoms with Crippen LogP contribution in [0.15, 0.2) is 35.7 Å². The summed E-state index contributed by atoms with van der Waals surface area (Å²) in [4.78, 5) is 14.6. The number of carbonyl (C=O) groups excluding carboxylic acids is 1. The average Bonchev–Trinajstić information content (AvgIpc) is 3.13. The minimum absolute atomic E-state index is 0.0394. The van der Waals surface area contributed by atoms with Gasteiger partial charge in [-0.3, -0.25) is 9.69 Å². The normalized spacial score (nSPS) is 15.7. The number of nitrogens with zero attached hydrogens (tertiary/aromatic N) is 4. The summed E-state index contributed by atoms with van der Waals surface area (Å²) in [6.45, 7) is 8.99. The third-order valence-electron chi connectivity index (χ3n) is 4.81. The maximum atomic E-state index is 12.2. The van der Waals surface area contributed by atoms with Crippen LogP contribution in [-0.4, -0.2) is 50.5 Å². The molecule has 2 heterocycles. The van der Waals surface area contributed by atoms with Crippen LogP contribution in [0.2, 0.25) is 0 Å². The Kier molecular flexibility index (Phi) is 6.32. The van der Waals surface area contributed by atoms with Gasteiger partial charge in [0.2, 0.25) is 5.91 Å². The van der Waals surface area contributed by atoms with E-state index in [1.165, 1.54) is 22.9 Å².